The van der Waals surface area contributed by atoms with Crippen LogP contribution in [0.4, 0.5) is 0 Å². The molecule has 1 N–H and O–H groups in total. The van der Waals surface area contributed by atoms with Crippen molar-refractivity contribution >= 4 is 15.9 Å². The molecule has 0 atom stereocenters. The highest BCUT2D eigenvalue weighted by Crippen LogP contribution is 2.35. The van der Waals surface area contributed by atoms with Gasteiger partial charge in [-0.05, 0) is 25.0 Å². The average Bonchev–Trinajstić information content (AvgIpc) is 3.01. The Morgan fingerprint density at radius 1 is 1.23 bits per heavy atom. The monoisotopic (exact) mass is 326 g/mol. The fraction of sp³-hybridized carbons (Fsp3) is 0.500. The summed E-state index contributed by atoms with van der Waals surface area (Å²) in [6.07, 6.45) is 1.06. The van der Waals surface area contributed by atoms with Crippen LogP contribution in [0, 0.1) is 5.92 Å². The molecule has 1 saturated heterocycles. The van der Waals surface area contributed by atoms with Crippen LogP contribution in [0.3, 0.4) is 0 Å². The molecule has 1 fully saturated rings. The van der Waals surface area contributed by atoms with Gasteiger partial charge in [0.1, 0.15) is 0 Å². The molecular formula is C14H18N2O5S. The lowest BCUT2D eigenvalue weighted by Crippen LogP contribution is -2.42. The van der Waals surface area contributed by atoms with Crippen LogP contribution < -0.4 is 14.8 Å². The third-order valence-electron chi connectivity index (χ3n) is 4.05. The number of carbonyl (C=O) groups is 1. The zero-order valence-electron chi connectivity index (χ0n) is 12.2. The number of nitrogens with one attached hydrogen (secondary N) is 1. The smallest absolute Gasteiger partial charge is 0.243 e. The molecule has 7 nitrogen and oxygen atoms in total. The number of benzene rings is 1. The van der Waals surface area contributed by atoms with Crippen molar-refractivity contribution < 1.29 is 22.7 Å². The molecular weight excluding hydrogens is 308 g/mol. The Balaban J connectivity index is 1.75. The van der Waals surface area contributed by atoms with Crippen molar-refractivity contribution in [3.63, 3.8) is 0 Å². The first-order chi connectivity index (χ1) is 10.5. The van der Waals surface area contributed by atoms with Crippen molar-refractivity contribution in [1.29, 1.82) is 0 Å². The van der Waals surface area contributed by atoms with Gasteiger partial charge in [-0.25, -0.2) is 8.42 Å². The maximum Gasteiger partial charge on any atom is 0.243 e. The first-order valence-electron chi connectivity index (χ1n) is 7.14. The Kier molecular flexibility index (Phi) is 3.96. The fourth-order valence-corrected chi connectivity index (χ4v) is 4.23. The molecule has 1 aromatic carbocycles. The van der Waals surface area contributed by atoms with Crippen molar-refractivity contribution in [3.8, 4) is 11.5 Å². The van der Waals surface area contributed by atoms with E-state index in [4.69, 9.17) is 9.47 Å². The maximum absolute atomic E-state index is 12.7. The molecule has 120 valence electrons. The molecule has 2 heterocycles. The van der Waals surface area contributed by atoms with Crippen LogP contribution in [-0.2, 0) is 14.8 Å². The normalized spacial score (nSPS) is 19.1. The Bertz CT molecular complexity index is 680. The van der Waals surface area contributed by atoms with Crippen LogP contribution in [0.2, 0.25) is 0 Å². The van der Waals surface area contributed by atoms with Gasteiger partial charge >= 0.3 is 0 Å². The molecule has 0 aliphatic carbocycles. The summed E-state index contributed by atoms with van der Waals surface area (Å²) in [5.41, 5.74) is 0. The van der Waals surface area contributed by atoms with E-state index in [-0.39, 0.29) is 23.5 Å². The molecule has 0 spiro atoms. The van der Waals surface area contributed by atoms with E-state index in [1.807, 2.05) is 0 Å². The summed E-state index contributed by atoms with van der Waals surface area (Å²) in [6, 6.07) is 4.61. The summed E-state index contributed by atoms with van der Waals surface area (Å²) >= 11 is 0. The van der Waals surface area contributed by atoms with Crippen LogP contribution in [0.1, 0.15) is 12.8 Å². The predicted octanol–water partition coefficient (Wildman–Crippen LogP) is 0.562. The lowest BCUT2D eigenvalue weighted by molar-refractivity contribution is -0.125. The van der Waals surface area contributed by atoms with Crippen LogP contribution in [0.25, 0.3) is 0 Å². The summed E-state index contributed by atoms with van der Waals surface area (Å²) in [5.74, 6) is 0.854. The number of hydrogen-bond acceptors (Lipinski definition) is 5. The molecule has 0 radical (unpaired) electrons. The summed E-state index contributed by atoms with van der Waals surface area (Å²) < 4.78 is 37.2. The number of fused-ring (bicyclic) bond motifs is 1. The minimum atomic E-state index is -3.57. The van der Waals surface area contributed by atoms with Crippen LogP contribution >= 0.6 is 0 Å². The molecule has 0 bridgehead atoms. The number of ether oxygens (including phenoxy) is 2. The SMILES string of the molecule is CNC(=O)C1CCN(S(=O)(=O)c2ccc3c(c2)OCO3)CC1. The van der Waals surface area contributed by atoms with Gasteiger partial charge in [-0.2, -0.15) is 4.31 Å². The largest absolute Gasteiger partial charge is 0.454 e. The number of amides is 1. The molecule has 22 heavy (non-hydrogen) atoms. The molecule has 0 saturated carbocycles. The first-order valence-corrected chi connectivity index (χ1v) is 8.58. The van der Waals surface area contributed by atoms with Crippen LogP contribution in [0.5, 0.6) is 11.5 Å². The van der Waals surface area contributed by atoms with Crippen molar-refractivity contribution in [3.05, 3.63) is 18.2 Å². The second-order valence-electron chi connectivity index (χ2n) is 5.31. The predicted molar refractivity (Wildman–Crippen MR) is 78.1 cm³/mol. The van der Waals surface area contributed by atoms with Gasteiger partial charge in [0, 0.05) is 32.1 Å². The number of hydrogen-bond donors (Lipinski definition) is 1. The van der Waals surface area contributed by atoms with Crippen molar-refractivity contribution in [1.82, 2.24) is 9.62 Å². The highest BCUT2D eigenvalue weighted by atomic mass is 32.2. The van der Waals surface area contributed by atoms with E-state index < -0.39 is 10.0 Å². The average molecular weight is 326 g/mol. The van der Waals surface area contributed by atoms with Crippen molar-refractivity contribution in [2.45, 2.75) is 17.7 Å². The molecule has 0 aromatic heterocycles. The van der Waals surface area contributed by atoms with Gasteiger partial charge in [-0.15, -0.1) is 0 Å². The number of rotatable bonds is 3. The number of piperidine rings is 1. The summed E-state index contributed by atoms with van der Waals surface area (Å²) in [4.78, 5) is 11.8. The maximum atomic E-state index is 12.7. The number of carbonyl (C=O) groups excluding carboxylic acids is 1. The summed E-state index contributed by atoms with van der Waals surface area (Å²) in [5, 5.41) is 2.61. The van der Waals surface area contributed by atoms with Gasteiger partial charge in [0.2, 0.25) is 22.7 Å². The molecule has 1 aromatic rings. The quantitative estimate of drug-likeness (QED) is 0.877. The summed E-state index contributed by atoms with van der Waals surface area (Å²) in [6.45, 7) is 0.792. The Hall–Kier alpha value is -1.80. The van der Waals surface area contributed by atoms with Gasteiger partial charge in [-0.3, -0.25) is 4.79 Å². The minimum Gasteiger partial charge on any atom is -0.454 e. The molecule has 3 rings (SSSR count). The van der Waals surface area contributed by atoms with E-state index in [1.165, 1.54) is 16.4 Å². The van der Waals surface area contributed by atoms with Gasteiger partial charge in [0.15, 0.2) is 11.5 Å². The molecule has 2 aliphatic rings. The van der Waals surface area contributed by atoms with E-state index in [2.05, 4.69) is 5.32 Å². The summed E-state index contributed by atoms with van der Waals surface area (Å²) in [7, 11) is -1.98. The first kappa shape index (κ1) is 15.1. The number of sulfonamides is 1. The molecule has 0 unspecified atom stereocenters. The third kappa shape index (κ3) is 2.64. The zero-order valence-corrected chi connectivity index (χ0v) is 13.1. The minimum absolute atomic E-state index is 0.0277. The Labute approximate surface area is 129 Å². The topological polar surface area (TPSA) is 84.9 Å². The van der Waals surface area contributed by atoms with Crippen LogP contribution in [-0.4, -0.2) is 45.6 Å². The fourth-order valence-electron chi connectivity index (χ4n) is 2.75. The zero-order chi connectivity index (χ0) is 15.7. The van der Waals surface area contributed by atoms with Gasteiger partial charge in [0.25, 0.3) is 0 Å². The van der Waals surface area contributed by atoms with E-state index in [1.54, 1.807) is 13.1 Å². The number of nitrogens with zero attached hydrogens (tertiary/aromatic N) is 1. The van der Waals surface area contributed by atoms with E-state index in [0.717, 1.165) is 0 Å². The molecule has 2 aliphatic heterocycles. The van der Waals surface area contributed by atoms with Crippen molar-refractivity contribution in [2.75, 3.05) is 26.9 Å². The van der Waals surface area contributed by atoms with E-state index >= 15 is 0 Å². The van der Waals surface area contributed by atoms with Gasteiger partial charge in [-0.1, -0.05) is 0 Å². The van der Waals surface area contributed by atoms with Crippen molar-refractivity contribution in [2.24, 2.45) is 5.92 Å². The second-order valence-corrected chi connectivity index (χ2v) is 7.25. The lowest BCUT2D eigenvalue weighted by atomic mass is 9.97. The highest BCUT2D eigenvalue weighted by molar-refractivity contribution is 7.89. The van der Waals surface area contributed by atoms with Gasteiger partial charge < -0.3 is 14.8 Å². The molecule has 8 heteroatoms. The van der Waals surface area contributed by atoms with E-state index in [9.17, 15) is 13.2 Å². The molecule has 1 amide bonds. The third-order valence-corrected chi connectivity index (χ3v) is 5.95. The second kappa shape index (κ2) is 5.77. The van der Waals surface area contributed by atoms with Crippen LogP contribution in [0.15, 0.2) is 23.1 Å². The van der Waals surface area contributed by atoms with Gasteiger partial charge in [0.05, 0.1) is 4.90 Å². The Morgan fingerprint density at radius 3 is 2.59 bits per heavy atom. The highest BCUT2D eigenvalue weighted by Gasteiger charge is 2.32. The lowest BCUT2D eigenvalue weighted by Gasteiger charge is -2.30. The standard InChI is InChI=1S/C14H18N2O5S/c1-15-14(17)10-4-6-16(7-5-10)22(18,19)11-2-3-12-13(8-11)21-9-20-12/h2-3,8,10H,4-7,9H2,1H3,(H,15,17). The van der Waals surface area contributed by atoms with E-state index in [0.29, 0.717) is 37.4 Å². The Morgan fingerprint density at radius 2 is 1.91 bits per heavy atom.